The highest BCUT2D eigenvalue weighted by atomic mass is 16.5. The summed E-state index contributed by atoms with van der Waals surface area (Å²) >= 11 is 0. The predicted octanol–water partition coefficient (Wildman–Crippen LogP) is 2.83. The van der Waals surface area contributed by atoms with Gasteiger partial charge in [0.25, 0.3) is 0 Å². The molecule has 0 spiro atoms. The number of hydrogen-bond acceptors (Lipinski definition) is 2. The van der Waals surface area contributed by atoms with Gasteiger partial charge in [-0.05, 0) is 31.1 Å². The second-order valence-corrected chi connectivity index (χ2v) is 6.11. The molecule has 0 aromatic heterocycles. The van der Waals surface area contributed by atoms with Crippen molar-refractivity contribution >= 4 is 0 Å². The maximum absolute atomic E-state index is 5.55. The van der Waals surface area contributed by atoms with E-state index in [-0.39, 0.29) is 0 Å². The van der Waals surface area contributed by atoms with Gasteiger partial charge in [0.15, 0.2) is 0 Å². The summed E-state index contributed by atoms with van der Waals surface area (Å²) in [6.45, 7) is 13.5. The maximum Gasteiger partial charge on any atom is 0.0700 e. The van der Waals surface area contributed by atoms with Crippen LogP contribution in [-0.4, -0.2) is 25.3 Å². The average molecular weight is 213 g/mol. The molecule has 2 atom stereocenters. The largest absolute Gasteiger partial charge is 0.377 e. The third kappa shape index (κ3) is 4.52. The normalized spacial score (nSPS) is 27.6. The van der Waals surface area contributed by atoms with Crippen LogP contribution in [0.2, 0.25) is 0 Å². The van der Waals surface area contributed by atoms with Crippen molar-refractivity contribution in [3.05, 3.63) is 0 Å². The van der Waals surface area contributed by atoms with Crippen LogP contribution in [0, 0.1) is 11.3 Å². The van der Waals surface area contributed by atoms with Gasteiger partial charge >= 0.3 is 0 Å². The lowest BCUT2D eigenvalue weighted by atomic mass is 9.83. The van der Waals surface area contributed by atoms with Crippen molar-refractivity contribution in [2.24, 2.45) is 11.3 Å². The molecular formula is C13H27NO. The third-order valence-electron chi connectivity index (χ3n) is 3.18. The third-order valence-corrected chi connectivity index (χ3v) is 3.18. The first kappa shape index (κ1) is 13.0. The summed E-state index contributed by atoms with van der Waals surface area (Å²) < 4.78 is 5.55. The molecule has 1 rings (SSSR count). The number of rotatable bonds is 5. The molecular weight excluding hydrogens is 186 g/mol. The van der Waals surface area contributed by atoms with Crippen LogP contribution < -0.4 is 5.32 Å². The monoisotopic (exact) mass is 213 g/mol. The Morgan fingerprint density at radius 2 is 2.07 bits per heavy atom. The van der Waals surface area contributed by atoms with Gasteiger partial charge in [0.1, 0.15) is 0 Å². The van der Waals surface area contributed by atoms with Crippen molar-refractivity contribution in [2.75, 3.05) is 13.2 Å². The summed E-state index contributed by atoms with van der Waals surface area (Å²) in [7, 11) is 0. The van der Waals surface area contributed by atoms with Crippen LogP contribution in [-0.2, 0) is 4.74 Å². The lowest BCUT2D eigenvalue weighted by Gasteiger charge is -2.29. The molecule has 2 heteroatoms. The smallest absolute Gasteiger partial charge is 0.0700 e. The zero-order chi connectivity index (χ0) is 11.5. The average Bonchev–Trinajstić information content (AvgIpc) is 2.45. The first-order chi connectivity index (χ1) is 6.91. The van der Waals surface area contributed by atoms with E-state index < -0.39 is 0 Å². The van der Waals surface area contributed by atoms with Gasteiger partial charge in [0.2, 0.25) is 0 Å². The Kier molecular flexibility index (Phi) is 4.60. The van der Waals surface area contributed by atoms with Crippen LogP contribution in [0.25, 0.3) is 0 Å². The van der Waals surface area contributed by atoms with Gasteiger partial charge in [-0.2, -0.15) is 0 Å². The Labute approximate surface area is 94.8 Å². The molecule has 0 amide bonds. The number of ether oxygens (including phenoxy) is 1. The van der Waals surface area contributed by atoms with Crippen LogP contribution in [0.4, 0.5) is 0 Å². The molecule has 1 fully saturated rings. The molecule has 1 saturated heterocycles. The van der Waals surface area contributed by atoms with Gasteiger partial charge in [-0.1, -0.05) is 27.7 Å². The molecule has 2 nitrogen and oxygen atoms in total. The van der Waals surface area contributed by atoms with E-state index in [1.807, 2.05) is 0 Å². The second-order valence-electron chi connectivity index (χ2n) is 6.11. The van der Waals surface area contributed by atoms with Gasteiger partial charge in [-0.25, -0.2) is 0 Å². The van der Waals surface area contributed by atoms with Crippen LogP contribution in [0.1, 0.15) is 47.5 Å². The van der Waals surface area contributed by atoms with E-state index >= 15 is 0 Å². The van der Waals surface area contributed by atoms with Crippen LogP contribution in [0.15, 0.2) is 0 Å². The van der Waals surface area contributed by atoms with E-state index in [0.717, 1.165) is 19.1 Å². The molecule has 0 saturated carbocycles. The SMILES string of the molecule is CC(C)CC(C)(C)CNC1CCOC1C. The van der Waals surface area contributed by atoms with Gasteiger partial charge in [0.05, 0.1) is 6.10 Å². The van der Waals surface area contributed by atoms with Crippen molar-refractivity contribution in [2.45, 2.75) is 59.6 Å². The summed E-state index contributed by atoms with van der Waals surface area (Å²) in [5.74, 6) is 0.777. The van der Waals surface area contributed by atoms with E-state index in [1.54, 1.807) is 0 Å². The summed E-state index contributed by atoms with van der Waals surface area (Å²) in [6, 6.07) is 0.566. The fourth-order valence-corrected chi connectivity index (χ4v) is 2.58. The standard InChI is InChI=1S/C13H27NO/c1-10(2)8-13(4,5)9-14-12-6-7-15-11(12)3/h10-12,14H,6-9H2,1-5H3. The van der Waals surface area contributed by atoms with E-state index in [2.05, 4.69) is 39.9 Å². The van der Waals surface area contributed by atoms with Crippen LogP contribution >= 0.6 is 0 Å². The highest BCUT2D eigenvalue weighted by molar-refractivity contribution is 4.82. The van der Waals surface area contributed by atoms with E-state index in [1.165, 1.54) is 12.8 Å². The zero-order valence-corrected chi connectivity index (χ0v) is 11.0. The molecule has 1 heterocycles. The highest BCUT2D eigenvalue weighted by Crippen LogP contribution is 2.25. The number of hydrogen-bond donors (Lipinski definition) is 1. The van der Waals surface area contributed by atoms with Crippen molar-refractivity contribution in [1.82, 2.24) is 5.32 Å². The fraction of sp³-hybridized carbons (Fsp3) is 1.00. The Bertz CT molecular complexity index is 189. The van der Waals surface area contributed by atoms with Crippen molar-refractivity contribution in [1.29, 1.82) is 0 Å². The summed E-state index contributed by atoms with van der Waals surface area (Å²) in [5.41, 5.74) is 0.399. The molecule has 0 bridgehead atoms. The molecule has 0 aliphatic carbocycles. The summed E-state index contributed by atoms with van der Waals surface area (Å²) in [4.78, 5) is 0. The zero-order valence-electron chi connectivity index (χ0n) is 11.0. The molecule has 15 heavy (non-hydrogen) atoms. The Morgan fingerprint density at radius 1 is 1.40 bits per heavy atom. The van der Waals surface area contributed by atoms with E-state index in [0.29, 0.717) is 17.6 Å². The molecule has 0 radical (unpaired) electrons. The Balaban J connectivity index is 2.28. The van der Waals surface area contributed by atoms with E-state index in [4.69, 9.17) is 4.74 Å². The summed E-state index contributed by atoms with van der Waals surface area (Å²) in [6.07, 6.45) is 2.83. The fourth-order valence-electron chi connectivity index (χ4n) is 2.58. The molecule has 1 aliphatic rings. The van der Waals surface area contributed by atoms with Crippen molar-refractivity contribution in [3.63, 3.8) is 0 Å². The lowest BCUT2D eigenvalue weighted by Crippen LogP contribution is -2.41. The first-order valence-corrected chi connectivity index (χ1v) is 6.26. The van der Waals surface area contributed by atoms with E-state index in [9.17, 15) is 0 Å². The van der Waals surface area contributed by atoms with Crippen molar-refractivity contribution < 1.29 is 4.74 Å². The van der Waals surface area contributed by atoms with Gasteiger partial charge in [0, 0.05) is 19.2 Å². The quantitative estimate of drug-likeness (QED) is 0.758. The molecule has 0 aromatic carbocycles. The second kappa shape index (κ2) is 5.31. The minimum absolute atomic E-state index is 0.389. The summed E-state index contributed by atoms with van der Waals surface area (Å²) in [5, 5.41) is 3.65. The Hall–Kier alpha value is -0.0800. The maximum atomic E-state index is 5.55. The predicted molar refractivity (Wildman–Crippen MR) is 65.1 cm³/mol. The Morgan fingerprint density at radius 3 is 2.53 bits per heavy atom. The van der Waals surface area contributed by atoms with Crippen molar-refractivity contribution in [3.8, 4) is 0 Å². The molecule has 0 aromatic rings. The minimum Gasteiger partial charge on any atom is -0.377 e. The van der Waals surface area contributed by atoms with Gasteiger partial charge in [-0.15, -0.1) is 0 Å². The van der Waals surface area contributed by atoms with Gasteiger partial charge in [-0.3, -0.25) is 0 Å². The molecule has 1 aliphatic heterocycles. The topological polar surface area (TPSA) is 21.3 Å². The first-order valence-electron chi connectivity index (χ1n) is 6.26. The highest BCUT2D eigenvalue weighted by Gasteiger charge is 2.26. The number of nitrogens with one attached hydrogen (secondary N) is 1. The van der Waals surface area contributed by atoms with Gasteiger partial charge < -0.3 is 10.1 Å². The molecule has 1 N–H and O–H groups in total. The van der Waals surface area contributed by atoms with Crippen LogP contribution in [0.3, 0.4) is 0 Å². The molecule has 2 unspecified atom stereocenters. The lowest BCUT2D eigenvalue weighted by molar-refractivity contribution is 0.110. The minimum atomic E-state index is 0.389. The van der Waals surface area contributed by atoms with Crippen LogP contribution in [0.5, 0.6) is 0 Å². The molecule has 90 valence electrons.